The van der Waals surface area contributed by atoms with Gasteiger partial charge < -0.3 is 10.2 Å². The molecule has 0 atom stereocenters. The number of nitrogens with zero attached hydrogens (tertiary/aromatic N) is 3. The normalized spacial score (nSPS) is 12.0. The smallest absolute Gasteiger partial charge is 0.193 e. The van der Waals surface area contributed by atoms with Crippen molar-refractivity contribution in [2.45, 2.75) is 52.7 Å². The summed E-state index contributed by atoms with van der Waals surface area (Å²) in [7, 11) is 3.93. The van der Waals surface area contributed by atoms with Crippen molar-refractivity contribution >= 4 is 41.3 Å². The van der Waals surface area contributed by atoms with Gasteiger partial charge in [0.15, 0.2) is 5.96 Å². The van der Waals surface area contributed by atoms with Crippen molar-refractivity contribution in [1.82, 2.24) is 15.1 Å². The molecule has 0 aliphatic carbocycles. The lowest BCUT2D eigenvalue weighted by Crippen LogP contribution is -2.41. The molecule has 23 heavy (non-hydrogen) atoms. The van der Waals surface area contributed by atoms with E-state index in [9.17, 15) is 0 Å². The molecule has 1 heterocycles. The first-order chi connectivity index (χ1) is 10.5. The Hall–Kier alpha value is -0.340. The van der Waals surface area contributed by atoms with Crippen molar-refractivity contribution < 1.29 is 0 Å². The molecule has 4 nitrogen and oxygen atoms in total. The maximum absolute atomic E-state index is 4.38. The monoisotopic (exact) mass is 452 g/mol. The highest BCUT2D eigenvalue weighted by atomic mass is 127. The minimum absolute atomic E-state index is 0. The van der Waals surface area contributed by atoms with Crippen molar-refractivity contribution in [3.05, 3.63) is 22.4 Å². The predicted octanol–water partition coefficient (Wildman–Crippen LogP) is 3.88. The summed E-state index contributed by atoms with van der Waals surface area (Å²) in [5.41, 5.74) is 1.33. The van der Waals surface area contributed by atoms with Gasteiger partial charge in [0.1, 0.15) is 0 Å². The fraction of sp³-hybridized carbons (Fsp3) is 0.706. The van der Waals surface area contributed by atoms with Gasteiger partial charge in [-0.05, 0) is 56.5 Å². The van der Waals surface area contributed by atoms with Gasteiger partial charge in [-0.3, -0.25) is 9.89 Å². The van der Waals surface area contributed by atoms with Crippen LogP contribution in [0.5, 0.6) is 0 Å². The van der Waals surface area contributed by atoms with E-state index in [-0.39, 0.29) is 24.0 Å². The molecule has 0 radical (unpaired) electrons. The standard InChI is InChI=1S/C17H32N4S.HI/c1-14(2)21(15(3)4)10-7-9-19-17(18-5)20(6)12-16-8-11-22-13-16;/h8,11,13-15H,7,9-10,12H2,1-6H3,(H,18,19);1H. The number of hydrogen-bond acceptors (Lipinski definition) is 3. The number of aliphatic imine (C=N–C) groups is 1. The summed E-state index contributed by atoms with van der Waals surface area (Å²) < 4.78 is 0. The van der Waals surface area contributed by atoms with Crippen molar-refractivity contribution in [2.24, 2.45) is 4.99 Å². The quantitative estimate of drug-likeness (QED) is 0.281. The number of nitrogens with one attached hydrogen (secondary N) is 1. The molecule has 0 saturated heterocycles. The van der Waals surface area contributed by atoms with Gasteiger partial charge in [0, 0.05) is 45.8 Å². The first-order valence-electron chi connectivity index (χ1n) is 8.14. The maximum Gasteiger partial charge on any atom is 0.193 e. The summed E-state index contributed by atoms with van der Waals surface area (Å²) in [4.78, 5) is 9.08. The van der Waals surface area contributed by atoms with Gasteiger partial charge in [0.05, 0.1) is 0 Å². The van der Waals surface area contributed by atoms with Gasteiger partial charge in [-0.2, -0.15) is 11.3 Å². The first kappa shape index (κ1) is 22.7. The fourth-order valence-electron chi connectivity index (χ4n) is 2.69. The fourth-order valence-corrected chi connectivity index (χ4v) is 3.35. The van der Waals surface area contributed by atoms with Crippen LogP contribution in [0.25, 0.3) is 0 Å². The van der Waals surface area contributed by atoms with E-state index < -0.39 is 0 Å². The summed E-state index contributed by atoms with van der Waals surface area (Å²) in [5.74, 6) is 0.965. The number of rotatable bonds is 8. The third-order valence-electron chi connectivity index (χ3n) is 3.78. The summed E-state index contributed by atoms with van der Waals surface area (Å²) >= 11 is 1.74. The van der Waals surface area contributed by atoms with Gasteiger partial charge in [-0.25, -0.2) is 0 Å². The Bertz CT molecular complexity index is 424. The van der Waals surface area contributed by atoms with Crippen molar-refractivity contribution in [3.8, 4) is 0 Å². The molecule has 0 amide bonds. The van der Waals surface area contributed by atoms with Gasteiger partial charge in [-0.15, -0.1) is 24.0 Å². The van der Waals surface area contributed by atoms with Crippen LogP contribution >= 0.6 is 35.3 Å². The van der Waals surface area contributed by atoms with Crippen molar-refractivity contribution in [1.29, 1.82) is 0 Å². The number of hydrogen-bond donors (Lipinski definition) is 1. The van der Waals surface area contributed by atoms with Crippen LogP contribution in [0.2, 0.25) is 0 Å². The van der Waals surface area contributed by atoms with E-state index >= 15 is 0 Å². The highest BCUT2D eigenvalue weighted by molar-refractivity contribution is 14.0. The van der Waals surface area contributed by atoms with Crippen molar-refractivity contribution in [3.63, 3.8) is 0 Å². The van der Waals surface area contributed by atoms with Crippen LogP contribution in [0.1, 0.15) is 39.7 Å². The van der Waals surface area contributed by atoms with Crippen LogP contribution < -0.4 is 5.32 Å². The third kappa shape index (κ3) is 8.35. The largest absolute Gasteiger partial charge is 0.356 e. The molecule has 0 aromatic carbocycles. The van der Waals surface area contributed by atoms with Crippen LogP contribution in [0.4, 0.5) is 0 Å². The average molecular weight is 452 g/mol. The van der Waals surface area contributed by atoms with E-state index in [4.69, 9.17) is 0 Å². The summed E-state index contributed by atoms with van der Waals surface area (Å²) in [5, 5.41) is 7.77. The Morgan fingerprint density at radius 3 is 2.39 bits per heavy atom. The van der Waals surface area contributed by atoms with E-state index in [1.54, 1.807) is 11.3 Å². The molecule has 0 bridgehead atoms. The summed E-state index contributed by atoms with van der Waals surface area (Å²) in [6.45, 7) is 12.0. The van der Waals surface area contributed by atoms with E-state index in [1.807, 2.05) is 7.05 Å². The Labute approximate surface area is 163 Å². The molecule has 134 valence electrons. The van der Waals surface area contributed by atoms with Crippen LogP contribution in [0, 0.1) is 0 Å². The van der Waals surface area contributed by atoms with Gasteiger partial charge in [0.25, 0.3) is 0 Å². The SMILES string of the molecule is CN=C(NCCCN(C(C)C)C(C)C)N(C)Cc1ccsc1.I. The van der Waals surface area contributed by atoms with E-state index in [0.717, 1.165) is 32.0 Å². The van der Waals surface area contributed by atoms with E-state index in [1.165, 1.54) is 5.56 Å². The molecule has 0 spiro atoms. The second-order valence-electron chi connectivity index (χ2n) is 6.24. The third-order valence-corrected chi connectivity index (χ3v) is 4.51. The van der Waals surface area contributed by atoms with Crippen LogP contribution in [0.3, 0.4) is 0 Å². The minimum atomic E-state index is 0. The Morgan fingerprint density at radius 2 is 1.91 bits per heavy atom. The molecule has 6 heteroatoms. The number of guanidine groups is 1. The maximum atomic E-state index is 4.38. The van der Waals surface area contributed by atoms with Crippen molar-refractivity contribution in [2.75, 3.05) is 27.2 Å². The van der Waals surface area contributed by atoms with Gasteiger partial charge in [0.2, 0.25) is 0 Å². The zero-order chi connectivity index (χ0) is 16.5. The lowest BCUT2D eigenvalue weighted by Gasteiger charge is -2.30. The Kier molecular flexibility index (Phi) is 11.9. The van der Waals surface area contributed by atoms with Crippen LogP contribution in [-0.4, -0.2) is 55.0 Å². The lowest BCUT2D eigenvalue weighted by molar-refractivity contribution is 0.173. The molecular formula is C17H33IN4S. The second kappa shape index (κ2) is 12.1. The number of halogens is 1. The Morgan fingerprint density at radius 1 is 1.26 bits per heavy atom. The lowest BCUT2D eigenvalue weighted by atomic mass is 10.2. The zero-order valence-corrected chi connectivity index (χ0v) is 18.5. The van der Waals surface area contributed by atoms with Crippen LogP contribution in [-0.2, 0) is 6.54 Å². The number of thiophene rings is 1. The summed E-state index contributed by atoms with van der Waals surface area (Å²) in [6.07, 6.45) is 1.13. The average Bonchev–Trinajstić information content (AvgIpc) is 2.94. The van der Waals surface area contributed by atoms with Crippen LogP contribution in [0.15, 0.2) is 21.8 Å². The minimum Gasteiger partial charge on any atom is -0.356 e. The molecule has 1 N–H and O–H groups in total. The van der Waals surface area contributed by atoms with Gasteiger partial charge >= 0.3 is 0 Å². The molecule has 1 aromatic heterocycles. The second-order valence-corrected chi connectivity index (χ2v) is 7.02. The molecule has 0 aliphatic rings. The molecule has 0 aliphatic heterocycles. The Balaban J connectivity index is 0.00000484. The molecule has 0 saturated carbocycles. The topological polar surface area (TPSA) is 30.9 Å². The molecular weight excluding hydrogens is 419 g/mol. The van der Waals surface area contributed by atoms with E-state index in [0.29, 0.717) is 12.1 Å². The summed E-state index contributed by atoms with van der Waals surface area (Å²) in [6, 6.07) is 3.36. The predicted molar refractivity (Wildman–Crippen MR) is 114 cm³/mol. The highest BCUT2D eigenvalue weighted by Crippen LogP contribution is 2.08. The van der Waals surface area contributed by atoms with E-state index in [2.05, 4.69) is 71.7 Å². The molecule has 0 unspecified atom stereocenters. The first-order valence-corrected chi connectivity index (χ1v) is 9.08. The molecule has 0 fully saturated rings. The molecule has 1 rings (SSSR count). The molecule has 1 aromatic rings. The highest BCUT2D eigenvalue weighted by Gasteiger charge is 2.12. The van der Waals surface area contributed by atoms with Gasteiger partial charge in [-0.1, -0.05) is 0 Å². The zero-order valence-electron chi connectivity index (χ0n) is 15.4.